The van der Waals surface area contributed by atoms with Gasteiger partial charge in [0.25, 0.3) is 0 Å². The Hall–Kier alpha value is -1.66. The van der Waals surface area contributed by atoms with Crippen molar-refractivity contribution in [3.8, 4) is 0 Å². The number of nitrogens with zero attached hydrogens (tertiary/aromatic N) is 4. The van der Waals surface area contributed by atoms with E-state index < -0.39 is 0 Å². The van der Waals surface area contributed by atoms with Crippen molar-refractivity contribution >= 4 is 17.2 Å². The van der Waals surface area contributed by atoms with Crippen LogP contribution in [0, 0.1) is 0 Å². The number of aromatic nitrogens is 2. The van der Waals surface area contributed by atoms with Gasteiger partial charge in [0.2, 0.25) is 5.91 Å². The number of thiophene rings is 1. The minimum atomic E-state index is 0.316. The van der Waals surface area contributed by atoms with Gasteiger partial charge in [-0.05, 0) is 41.3 Å². The van der Waals surface area contributed by atoms with Gasteiger partial charge in [0.05, 0.1) is 11.7 Å². The van der Waals surface area contributed by atoms with Crippen LogP contribution >= 0.6 is 11.3 Å². The second-order valence-corrected chi connectivity index (χ2v) is 7.28. The van der Waals surface area contributed by atoms with Crippen LogP contribution in [0.4, 0.5) is 0 Å². The van der Waals surface area contributed by atoms with Gasteiger partial charge in [-0.1, -0.05) is 0 Å². The lowest BCUT2D eigenvalue weighted by atomic mass is 10.1. The molecule has 0 aliphatic carbocycles. The summed E-state index contributed by atoms with van der Waals surface area (Å²) < 4.78 is 2.17. The first-order valence-electron chi connectivity index (χ1n) is 8.33. The van der Waals surface area contributed by atoms with Crippen LogP contribution in [0.15, 0.2) is 29.1 Å². The number of hydrogen-bond donors (Lipinski definition) is 0. The van der Waals surface area contributed by atoms with Crippen molar-refractivity contribution in [3.05, 3.63) is 40.3 Å². The number of hydrogen-bond acceptors (Lipinski definition) is 4. The quantitative estimate of drug-likeness (QED) is 0.846. The molecule has 0 radical (unpaired) electrons. The van der Waals surface area contributed by atoms with Crippen molar-refractivity contribution in [1.29, 1.82) is 0 Å². The van der Waals surface area contributed by atoms with Gasteiger partial charge in [0.1, 0.15) is 0 Å². The van der Waals surface area contributed by atoms with Crippen LogP contribution in [0.3, 0.4) is 0 Å². The molecule has 0 bridgehead atoms. The molecule has 4 heterocycles. The predicted molar refractivity (Wildman–Crippen MR) is 90.1 cm³/mol. The third kappa shape index (κ3) is 3.19. The molecule has 4 rings (SSSR count). The highest BCUT2D eigenvalue weighted by atomic mass is 32.1. The van der Waals surface area contributed by atoms with Gasteiger partial charge in [-0.25, -0.2) is 0 Å². The fraction of sp³-hybridized carbons (Fsp3) is 0.529. The monoisotopic (exact) mass is 330 g/mol. The molecule has 2 aliphatic heterocycles. The SMILES string of the molecule is O=C1CCCN1CC[C@H]1CN(Cc2ccsc2)Cc2ccnn21. The zero-order chi connectivity index (χ0) is 15.6. The largest absolute Gasteiger partial charge is 0.343 e. The second-order valence-electron chi connectivity index (χ2n) is 6.50. The Morgan fingerprint density at radius 3 is 3.09 bits per heavy atom. The molecule has 0 unspecified atom stereocenters. The van der Waals surface area contributed by atoms with E-state index in [1.165, 1.54) is 11.3 Å². The van der Waals surface area contributed by atoms with E-state index in [4.69, 9.17) is 0 Å². The Labute approximate surface area is 140 Å². The van der Waals surface area contributed by atoms with Crippen LogP contribution in [0.25, 0.3) is 0 Å². The number of carbonyl (C=O) groups excluding carboxylic acids is 1. The lowest BCUT2D eigenvalue weighted by molar-refractivity contribution is -0.127. The van der Waals surface area contributed by atoms with Crippen LogP contribution in [-0.4, -0.2) is 45.1 Å². The molecule has 0 aromatic carbocycles. The van der Waals surface area contributed by atoms with Crippen molar-refractivity contribution in [3.63, 3.8) is 0 Å². The highest BCUT2D eigenvalue weighted by molar-refractivity contribution is 7.07. The van der Waals surface area contributed by atoms with E-state index in [1.54, 1.807) is 11.3 Å². The summed E-state index contributed by atoms with van der Waals surface area (Å²) in [7, 11) is 0. The van der Waals surface area contributed by atoms with Gasteiger partial charge in [-0.3, -0.25) is 14.4 Å². The van der Waals surface area contributed by atoms with Crippen molar-refractivity contribution < 1.29 is 4.79 Å². The highest BCUT2D eigenvalue weighted by Crippen LogP contribution is 2.25. The molecule has 0 spiro atoms. The Bertz CT molecular complexity index is 666. The summed E-state index contributed by atoms with van der Waals surface area (Å²) >= 11 is 1.76. The molecule has 1 amide bonds. The molecule has 0 N–H and O–H groups in total. The summed E-state index contributed by atoms with van der Waals surface area (Å²) in [5.74, 6) is 0.316. The lowest BCUT2D eigenvalue weighted by Crippen LogP contribution is -2.39. The molecule has 6 heteroatoms. The summed E-state index contributed by atoms with van der Waals surface area (Å²) in [5, 5.41) is 8.89. The molecule has 5 nitrogen and oxygen atoms in total. The van der Waals surface area contributed by atoms with Gasteiger partial charge in [0.15, 0.2) is 0 Å². The van der Waals surface area contributed by atoms with E-state index in [0.717, 1.165) is 52.0 Å². The smallest absolute Gasteiger partial charge is 0.222 e. The van der Waals surface area contributed by atoms with Gasteiger partial charge in [0, 0.05) is 45.3 Å². The average Bonchev–Trinajstić information content (AvgIpc) is 3.27. The number of rotatable bonds is 5. The topological polar surface area (TPSA) is 41.4 Å². The molecule has 1 saturated heterocycles. The number of amides is 1. The third-order valence-corrected chi connectivity index (χ3v) is 5.57. The van der Waals surface area contributed by atoms with Crippen molar-refractivity contribution in [2.24, 2.45) is 0 Å². The Kier molecular flexibility index (Phi) is 4.18. The summed E-state index contributed by atoms with van der Waals surface area (Å²) in [4.78, 5) is 16.3. The van der Waals surface area contributed by atoms with Crippen LogP contribution in [0.1, 0.15) is 36.6 Å². The van der Waals surface area contributed by atoms with Crippen LogP contribution in [-0.2, 0) is 17.9 Å². The van der Waals surface area contributed by atoms with E-state index in [9.17, 15) is 4.79 Å². The predicted octanol–water partition coefficient (Wildman–Crippen LogP) is 2.51. The average molecular weight is 330 g/mol. The van der Waals surface area contributed by atoms with E-state index >= 15 is 0 Å². The fourth-order valence-corrected chi connectivity index (χ4v) is 4.34. The van der Waals surface area contributed by atoms with E-state index in [1.807, 2.05) is 11.1 Å². The number of likely N-dealkylation sites (tertiary alicyclic amines) is 1. The first-order valence-corrected chi connectivity index (χ1v) is 9.27. The van der Waals surface area contributed by atoms with Gasteiger partial charge in [-0.2, -0.15) is 16.4 Å². The molecule has 2 aliphatic rings. The molecule has 0 saturated carbocycles. The summed E-state index contributed by atoms with van der Waals surface area (Å²) in [5.41, 5.74) is 2.67. The molecule has 1 atom stereocenters. The fourth-order valence-electron chi connectivity index (χ4n) is 3.68. The normalized spacial score (nSPS) is 21.8. The summed E-state index contributed by atoms with van der Waals surface area (Å²) in [6.07, 6.45) is 4.63. The first-order chi connectivity index (χ1) is 11.3. The molecular formula is C17H22N4OS. The van der Waals surface area contributed by atoms with Gasteiger partial charge >= 0.3 is 0 Å². The lowest BCUT2D eigenvalue weighted by Gasteiger charge is -2.34. The molecule has 1 fully saturated rings. The number of fused-ring (bicyclic) bond motifs is 1. The van der Waals surface area contributed by atoms with E-state index in [-0.39, 0.29) is 0 Å². The molecule has 122 valence electrons. The maximum Gasteiger partial charge on any atom is 0.222 e. The van der Waals surface area contributed by atoms with Crippen molar-refractivity contribution in [1.82, 2.24) is 19.6 Å². The van der Waals surface area contributed by atoms with Crippen LogP contribution in [0.2, 0.25) is 0 Å². The molecule has 2 aromatic rings. The first kappa shape index (κ1) is 14.9. The van der Waals surface area contributed by atoms with Gasteiger partial charge in [-0.15, -0.1) is 0 Å². The van der Waals surface area contributed by atoms with E-state index in [2.05, 4.69) is 37.6 Å². The molecular weight excluding hydrogens is 308 g/mol. The second kappa shape index (κ2) is 6.45. The van der Waals surface area contributed by atoms with Gasteiger partial charge < -0.3 is 4.90 Å². The summed E-state index contributed by atoms with van der Waals surface area (Å²) in [6.45, 7) is 4.74. The zero-order valence-electron chi connectivity index (χ0n) is 13.2. The number of carbonyl (C=O) groups is 1. The highest BCUT2D eigenvalue weighted by Gasteiger charge is 2.27. The summed E-state index contributed by atoms with van der Waals surface area (Å²) in [6, 6.07) is 4.68. The van der Waals surface area contributed by atoms with Crippen LogP contribution < -0.4 is 0 Å². The Morgan fingerprint density at radius 1 is 1.35 bits per heavy atom. The Morgan fingerprint density at radius 2 is 2.30 bits per heavy atom. The maximum atomic E-state index is 11.8. The van der Waals surface area contributed by atoms with E-state index in [0.29, 0.717) is 11.9 Å². The van der Waals surface area contributed by atoms with Crippen molar-refractivity contribution in [2.75, 3.05) is 19.6 Å². The minimum absolute atomic E-state index is 0.316. The standard InChI is InChI=1S/C17H22N4OS/c22-17-2-1-7-20(17)8-4-16-12-19(10-14-5-9-23-13-14)11-15-3-6-18-21(15)16/h3,5-6,9,13,16H,1-2,4,7-8,10-12H2/t16-/m0/s1. The maximum absolute atomic E-state index is 11.8. The minimum Gasteiger partial charge on any atom is -0.343 e. The van der Waals surface area contributed by atoms with Crippen LogP contribution in [0.5, 0.6) is 0 Å². The zero-order valence-corrected chi connectivity index (χ0v) is 14.0. The molecule has 23 heavy (non-hydrogen) atoms. The third-order valence-electron chi connectivity index (χ3n) is 4.84. The van der Waals surface area contributed by atoms with Crippen molar-refractivity contribution in [2.45, 2.75) is 38.4 Å². The molecule has 2 aromatic heterocycles. The Balaban J connectivity index is 1.43.